The van der Waals surface area contributed by atoms with Crippen molar-refractivity contribution in [3.8, 4) is 11.4 Å². The number of benzene rings is 2. The summed E-state index contributed by atoms with van der Waals surface area (Å²) in [6, 6.07) is 16.7. The number of H-pyrrole nitrogens is 1. The molecule has 5 rings (SSSR count). The summed E-state index contributed by atoms with van der Waals surface area (Å²) < 4.78 is 3.41. The molecule has 8 heteroatoms. The third kappa shape index (κ3) is 5.58. The molecule has 1 fully saturated rings. The lowest BCUT2D eigenvalue weighted by atomic mass is 10.1. The first-order chi connectivity index (χ1) is 16.0. The minimum absolute atomic E-state index is 0.0505. The first-order valence-corrected chi connectivity index (χ1v) is 12.7. The first kappa shape index (κ1) is 22.0. The summed E-state index contributed by atoms with van der Waals surface area (Å²) in [7, 11) is 0. The van der Waals surface area contributed by atoms with Crippen molar-refractivity contribution in [2.75, 3.05) is 11.1 Å². The molecule has 4 aromatic rings. The normalized spacial score (nSPS) is 13.4. The van der Waals surface area contributed by atoms with Gasteiger partial charge < -0.3 is 10.3 Å². The van der Waals surface area contributed by atoms with Crippen molar-refractivity contribution in [1.29, 1.82) is 0 Å². The highest BCUT2D eigenvalue weighted by Gasteiger charge is 2.20. The maximum absolute atomic E-state index is 12.3. The first-order valence-electron chi connectivity index (χ1n) is 10.9. The Bertz CT molecular complexity index is 1240. The number of thioether (sulfide) groups is 1. The van der Waals surface area contributed by atoms with Gasteiger partial charge in [0.15, 0.2) is 0 Å². The number of amides is 1. The Hall–Kier alpha value is -2.81. The number of fused-ring (bicyclic) bond motifs is 1. The molecule has 0 saturated heterocycles. The number of aryl methyl sites for hydroxylation is 2. The molecule has 1 aliphatic carbocycles. The molecule has 2 aromatic heterocycles. The van der Waals surface area contributed by atoms with E-state index in [2.05, 4.69) is 46.0 Å². The Balaban J connectivity index is 1.14. The lowest BCUT2D eigenvalue weighted by Crippen LogP contribution is -2.14. The Morgan fingerprint density at radius 3 is 2.61 bits per heavy atom. The maximum Gasteiger partial charge on any atom is 0.234 e. The molecular formula is C25H25N5OS2. The quantitative estimate of drug-likeness (QED) is 0.223. The van der Waals surface area contributed by atoms with Crippen molar-refractivity contribution >= 4 is 46.3 Å². The summed E-state index contributed by atoms with van der Waals surface area (Å²) in [5.74, 6) is 1.05. The zero-order valence-corrected chi connectivity index (χ0v) is 20.1. The van der Waals surface area contributed by atoms with Crippen LogP contribution in [0.2, 0.25) is 0 Å². The van der Waals surface area contributed by atoms with Crippen molar-refractivity contribution in [3.05, 3.63) is 65.9 Å². The molecule has 1 saturated carbocycles. The third-order valence-electron chi connectivity index (χ3n) is 5.52. The van der Waals surface area contributed by atoms with Crippen molar-refractivity contribution < 1.29 is 4.79 Å². The Labute approximate surface area is 201 Å². The topological polar surface area (TPSA) is 82.7 Å². The predicted octanol–water partition coefficient (Wildman–Crippen LogP) is 5.73. The number of carbonyl (C=O) groups excluding carboxylic acids is 1. The number of aromatic nitrogens is 3. The summed E-state index contributed by atoms with van der Waals surface area (Å²) in [6.45, 7) is 4.19. The monoisotopic (exact) mass is 475 g/mol. The number of hydrogen-bond donors (Lipinski definition) is 3. The van der Waals surface area contributed by atoms with Crippen LogP contribution in [0.4, 0.5) is 5.69 Å². The van der Waals surface area contributed by atoms with E-state index in [1.54, 1.807) is 18.1 Å². The summed E-state index contributed by atoms with van der Waals surface area (Å²) in [4.78, 5) is 26.1. The molecule has 6 nitrogen and oxygen atoms in total. The summed E-state index contributed by atoms with van der Waals surface area (Å²) in [5, 5.41) is 3.75. The fourth-order valence-corrected chi connectivity index (χ4v) is 4.76. The van der Waals surface area contributed by atoms with Gasteiger partial charge in [0.1, 0.15) is 5.82 Å². The van der Waals surface area contributed by atoms with Gasteiger partial charge in [-0.25, -0.2) is 9.97 Å². The van der Waals surface area contributed by atoms with Gasteiger partial charge in [0.25, 0.3) is 0 Å². The average Bonchev–Trinajstić information content (AvgIpc) is 3.57. The second-order valence-electron chi connectivity index (χ2n) is 8.28. The van der Waals surface area contributed by atoms with Gasteiger partial charge in [0.05, 0.1) is 21.8 Å². The summed E-state index contributed by atoms with van der Waals surface area (Å²) in [5.41, 5.74) is 6.16. The average molecular weight is 476 g/mol. The molecule has 0 unspecified atom stereocenters. The van der Waals surface area contributed by atoms with Crippen LogP contribution < -0.4 is 10.0 Å². The van der Waals surface area contributed by atoms with Crippen LogP contribution in [-0.2, 0) is 4.79 Å². The minimum Gasteiger partial charge on any atom is -0.338 e. The fraction of sp³-hybridized carbons (Fsp3) is 0.240. The highest BCUT2D eigenvalue weighted by molar-refractivity contribution is 7.99. The van der Waals surface area contributed by atoms with Crippen LogP contribution in [0.1, 0.15) is 24.0 Å². The van der Waals surface area contributed by atoms with E-state index < -0.39 is 0 Å². The second kappa shape index (κ2) is 9.59. The zero-order valence-electron chi connectivity index (χ0n) is 18.5. The molecule has 0 bridgehead atoms. The Morgan fingerprint density at radius 2 is 1.88 bits per heavy atom. The number of nitrogens with one attached hydrogen (secondary N) is 3. The van der Waals surface area contributed by atoms with E-state index in [-0.39, 0.29) is 5.91 Å². The van der Waals surface area contributed by atoms with E-state index in [9.17, 15) is 4.79 Å². The van der Waals surface area contributed by atoms with Gasteiger partial charge in [-0.2, -0.15) is 0 Å². The number of rotatable bonds is 8. The van der Waals surface area contributed by atoms with Crippen LogP contribution in [0, 0.1) is 13.8 Å². The van der Waals surface area contributed by atoms with Gasteiger partial charge in [0.2, 0.25) is 5.91 Å². The van der Waals surface area contributed by atoms with Crippen LogP contribution >= 0.6 is 23.7 Å². The number of imidazole rings is 1. The highest BCUT2D eigenvalue weighted by Crippen LogP contribution is 2.26. The van der Waals surface area contributed by atoms with E-state index in [1.807, 2.05) is 36.4 Å². The van der Waals surface area contributed by atoms with Crippen molar-refractivity contribution in [2.24, 2.45) is 0 Å². The number of carbonyl (C=O) groups is 1. The molecular weight excluding hydrogens is 450 g/mol. The fourth-order valence-electron chi connectivity index (χ4n) is 3.31. The van der Waals surface area contributed by atoms with Crippen molar-refractivity contribution in [1.82, 2.24) is 19.7 Å². The van der Waals surface area contributed by atoms with E-state index in [0.29, 0.717) is 11.8 Å². The minimum atomic E-state index is -0.0505. The van der Waals surface area contributed by atoms with Crippen LogP contribution in [0.3, 0.4) is 0 Å². The molecule has 2 aromatic carbocycles. The van der Waals surface area contributed by atoms with Crippen LogP contribution in [0.5, 0.6) is 0 Å². The maximum atomic E-state index is 12.3. The van der Waals surface area contributed by atoms with Gasteiger partial charge in [-0.1, -0.05) is 11.8 Å². The molecule has 0 atom stereocenters. The molecule has 33 heavy (non-hydrogen) atoms. The van der Waals surface area contributed by atoms with Gasteiger partial charge in [-0.05, 0) is 98.3 Å². The molecule has 1 aliphatic rings. The highest BCUT2D eigenvalue weighted by atomic mass is 32.2. The van der Waals surface area contributed by atoms with E-state index in [1.165, 1.54) is 35.7 Å². The van der Waals surface area contributed by atoms with Gasteiger partial charge >= 0.3 is 0 Å². The van der Waals surface area contributed by atoms with Gasteiger partial charge in [-0.3, -0.25) is 9.52 Å². The molecule has 1 amide bonds. The number of pyridine rings is 1. The van der Waals surface area contributed by atoms with E-state index in [4.69, 9.17) is 4.98 Å². The van der Waals surface area contributed by atoms with E-state index in [0.717, 1.165) is 38.0 Å². The number of hydrogen-bond acceptors (Lipinski definition) is 6. The molecule has 0 aliphatic heterocycles. The number of aromatic amines is 1. The smallest absolute Gasteiger partial charge is 0.234 e. The van der Waals surface area contributed by atoms with Gasteiger partial charge in [0, 0.05) is 28.4 Å². The van der Waals surface area contributed by atoms with Gasteiger partial charge in [-0.15, -0.1) is 0 Å². The van der Waals surface area contributed by atoms with E-state index >= 15 is 0 Å². The van der Waals surface area contributed by atoms with Crippen LogP contribution in [0.15, 0.2) is 64.6 Å². The molecule has 168 valence electrons. The number of anilines is 1. The Morgan fingerprint density at radius 1 is 1.09 bits per heavy atom. The Kier molecular flexibility index (Phi) is 6.39. The lowest BCUT2D eigenvalue weighted by Gasteiger charge is -2.07. The predicted molar refractivity (Wildman–Crippen MR) is 137 cm³/mol. The third-order valence-corrected chi connectivity index (χ3v) is 7.42. The SMILES string of the molecule is Cc1cc2nc(-c3ccc(SCC(=O)Nc4ccc(SNC5CC5)cc4)nc3)[nH]c2cc1C. The van der Waals surface area contributed by atoms with Crippen molar-refractivity contribution in [2.45, 2.75) is 42.7 Å². The zero-order chi connectivity index (χ0) is 22.8. The van der Waals surface area contributed by atoms with Crippen LogP contribution in [0.25, 0.3) is 22.4 Å². The molecule has 0 radical (unpaired) electrons. The molecule has 3 N–H and O–H groups in total. The van der Waals surface area contributed by atoms with Crippen LogP contribution in [-0.4, -0.2) is 32.7 Å². The standard InChI is InChI=1S/C25H25N5OS2/c1-15-11-21-22(12-16(15)2)29-25(28-21)17-3-10-24(26-13-17)32-14-23(31)27-18-6-8-20(9-7-18)33-30-19-4-5-19/h3,6-13,19,30H,4-5,14H2,1-2H3,(H,27,31)(H,28,29). The number of nitrogens with zero attached hydrogens (tertiary/aromatic N) is 2. The molecule has 0 spiro atoms. The molecule has 2 heterocycles. The van der Waals surface area contributed by atoms with Crippen molar-refractivity contribution in [3.63, 3.8) is 0 Å². The second-order valence-corrected chi connectivity index (χ2v) is 10.2. The largest absolute Gasteiger partial charge is 0.338 e. The lowest BCUT2D eigenvalue weighted by molar-refractivity contribution is -0.113. The summed E-state index contributed by atoms with van der Waals surface area (Å²) in [6.07, 6.45) is 4.31. The summed E-state index contributed by atoms with van der Waals surface area (Å²) >= 11 is 3.06.